The maximum absolute atomic E-state index is 13.0. The van der Waals surface area contributed by atoms with E-state index in [-0.39, 0.29) is 18.4 Å². The zero-order valence-corrected chi connectivity index (χ0v) is 20.0. The van der Waals surface area contributed by atoms with Crippen LogP contribution in [0.15, 0.2) is 51.4 Å². The highest BCUT2D eigenvalue weighted by Crippen LogP contribution is 2.22. The van der Waals surface area contributed by atoms with E-state index in [2.05, 4.69) is 37.2 Å². The number of amides is 2. The summed E-state index contributed by atoms with van der Waals surface area (Å²) in [5.41, 5.74) is 1.96. The fourth-order valence-corrected chi connectivity index (χ4v) is 3.21. The minimum absolute atomic E-state index is 0.136. The summed E-state index contributed by atoms with van der Waals surface area (Å²) in [6, 6.07) is 12.7. The van der Waals surface area contributed by atoms with Crippen LogP contribution in [0.2, 0.25) is 0 Å². The molecule has 1 N–H and O–H groups in total. The molecule has 0 aliphatic heterocycles. The topological polar surface area (TPSA) is 58.6 Å². The van der Waals surface area contributed by atoms with Crippen LogP contribution < -0.4 is 10.1 Å². The second-order valence-corrected chi connectivity index (χ2v) is 8.58. The Bertz CT molecular complexity index is 840. The van der Waals surface area contributed by atoms with Gasteiger partial charge in [0.25, 0.3) is 5.91 Å². The number of nitrogens with one attached hydrogen (secondary N) is 1. The number of rotatable bonds is 9. The van der Waals surface area contributed by atoms with E-state index < -0.39 is 6.04 Å². The molecule has 0 fully saturated rings. The van der Waals surface area contributed by atoms with Crippen LogP contribution in [0.3, 0.4) is 0 Å². The van der Waals surface area contributed by atoms with Gasteiger partial charge in [-0.1, -0.05) is 50.9 Å². The summed E-state index contributed by atoms with van der Waals surface area (Å²) >= 11 is 6.87. The molecule has 0 radical (unpaired) electrons. The molecule has 7 heteroatoms. The van der Waals surface area contributed by atoms with Gasteiger partial charge in [0.1, 0.15) is 11.8 Å². The second-order valence-electron chi connectivity index (χ2n) is 6.81. The fraction of sp³-hybridized carbons (Fsp3) is 0.364. The van der Waals surface area contributed by atoms with E-state index in [1.54, 1.807) is 17.9 Å². The zero-order chi connectivity index (χ0) is 21.4. The lowest BCUT2D eigenvalue weighted by Gasteiger charge is -2.28. The number of halogens is 2. The van der Waals surface area contributed by atoms with E-state index in [4.69, 9.17) is 4.74 Å². The van der Waals surface area contributed by atoms with Crippen LogP contribution in [0.1, 0.15) is 31.4 Å². The number of benzene rings is 2. The molecule has 5 nitrogen and oxygen atoms in total. The van der Waals surface area contributed by atoms with Crippen molar-refractivity contribution in [3.8, 4) is 5.75 Å². The normalized spacial score (nSPS) is 11.6. The number of aryl methyl sites for hydroxylation is 1. The monoisotopic (exact) mass is 524 g/mol. The molecule has 0 aliphatic carbocycles. The lowest BCUT2D eigenvalue weighted by molar-refractivity contribution is -0.142. The molecule has 2 aromatic rings. The van der Waals surface area contributed by atoms with Crippen molar-refractivity contribution in [2.45, 2.75) is 39.8 Å². The fourth-order valence-electron chi connectivity index (χ4n) is 2.70. The third-order valence-corrected chi connectivity index (χ3v) is 5.89. The number of hydrogen-bond donors (Lipinski definition) is 1. The van der Waals surface area contributed by atoms with Crippen molar-refractivity contribution in [1.82, 2.24) is 10.2 Å². The molecular weight excluding hydrogens is 500 g/mol. The molecule has 0 aliphatic rings. The van der Waals surface area contributed by atoms with Crippen molar-refractivity contribution in [2.24, 2.45) is 0 Å². The van der Waals surface area contributed by atoms with E-state index in [0.717, 1.165) is 26.5 Å². The summed E-state index contributed by atoms with van der Waals surface area (Å²) in [7, 11) is 0. The van der Waals surface area contributed by atoms with E-state index in [9.17, 15) is 9.59 Å². The van der Waals surface area contributed by atoms with Crippen molar-refractivity contribution < 1.29 is 14.3 Å². The first kappa shape index (κ1) is 23.4. The van der Waals surface area contributed by atoms with Crippen LogP contribution >= 0.6 is 31.9 Å². The molecule has 0 saturated heterocycles. The van der Waals surface area contributed by atoms with E-state index in [1.165, 1.54) is 0 Å². The Hall–Kier alpha value is -1.86. The predicted octanol–water partition coefficient (Wildman–Crippen LogP) is 4.84. The lowest BCUT2D eigenvalue weighted by Crippen LogP contribution is -2.49. The highest BCUT2D eigenvalue weighted by molar-refractivity contribution is 9.10. The van der Waals surface area contributed by atoms with Gasteiger partial charge in [-0.15, -0.1) is 0 Å². The van der Waals surface area contributed by atoms with E-state index >= 15 is 0 Å². The zero-order valence-electron chi connectivity index (χ0n) is 16.9. The molecule has 0 unspecified atom stereocenters. The number of carbonyl (C=O) groups excluding carboxylic acids is 2. The lowest BCUT2D eigenvalue weighted by atomic mass is 10.1. The largest absolute Gasteiger partial charge is 0.484 e. The Morgan fingerprint density at radius 3 is 2.45 bits per heavy atom. The van der Waals surface area contributed by atoms with Crippen LogP contribution in [-0.2, 0) is 16.1 Å². The molecule has 2 amide bonds. The number of ether oxygens (including phenoxy) is 1. The standard InChI is InChI=1S/C22H26Br2N2O3/c1-4-11-25-22(28)16(3)26(13-17-5-7-18(23)8-6-17)21(27)14-29-19-9-10-20(24)15(2)12-19/h5-10,12,16H,4,11,13-14H2,1-3H3,(H,25,28)/t16-/m0/s1. The van der Waals surface area contributed by atoms with Crippen molar-refractivity contribution in [3.63, 3.8) is 0 Å². The van der Waals surface area contributed by atoms with Gasteiger partial charge >= 0.3 is 0 Å². The van der Waals surface area contributed by atoms with Gasteiger partial charge in [0.15, 0.2) is 6.61 Å². The molecule has 2 aromatic carbocycles. The molecule has 0 heterocycles. The molecule has 1 atom stereocenters. The number of nitrogens with zero attached hydrogens (tertiary/aromatic N) is 1. The van der Waals surface area contributed by atoms with Crippen molar-refractivity contribution in [3.05, 3.63) is 62.5 Å². The summed E-state index contributed by atoms with van der Waals surface area (Å²) in [6.07, 6.45) is 0.838. The highest BCUT2D eigenvalue weighted by Gasteiger charge is 2.26. The first-order valence-electron chi connectivity index (χ1n) is 9.52. The van der Waals surface area contributed by atoms with E-state index in [1.807, 2.05) is 50.2 Å². The Balaban J connectivity index is 2.13. The Morgan fingerprint density at radius 2 is 1.83 bits per heavy atom. The first-order valence-corrected chi connectivity index (χ1v) is 11.1. The molecule has 0 aromatic heterocycles. The summed E-state index contributed by atoms with van der Waals surface area (Å²) in [5.74, 6) is 0.204. The van der Waals surface area contributed by atoms with Gasteiger partial charge in [0.05, 0.1) is 0 Å². The average molecular weight is 526 g/mol. The van der Waals surface area contributed by atoms with Crippen LogP contribution in [-0.4, -0.2) is 35.9 Å². The van der Waals surface area contributed by atoms with Gasteiger partial charge in [-0.25, -0.2) is 0 Å². The highest BCUT2D eigenvalue weighted by atomic mass is 79.9. The summed E-state index contributed by atoms with van der Waals surface area (Å²) in [5, 5.41) is 2.86. The minimum atomic E-state index is -0.604. The quantitative estimate of drug-likeness (QED) is 0.509. The van der Waals surface area contributed by atoms with Crippen LogP contribution in [0.25, 0.3) is 0 Å². The first-order chi connectivity index (χ1) is 13.8. The summed E-state index contributed by atoms with van der Waals surface area (Å²) in [4.78, 5) is 27.0. The van der Waals surface area contributed by atoms with Gasteiger partial charge in [0, 0.05) is 22.0 Å². The minimum Gasteiger partial charge on any atom is -0.484 e. The predicted molar refractivity (Wildman–Crippen MR) is 122 cm³/mol. The number of hydrogen-bond acceptors (Lipinski definition) is 3. The SMILES string of the molecule is CCCNC(=O)[C@H](C)N(Cc1ccc(Br)cc1)C(=O)COc1ccc(Br)c(C)c1. The van der Waals surface area contributed by atoms with Gasteiger partial charge in [0.2, 0.25) is 5.91 Å². The average Bonchev–Trinajstić information content (AvgIpc) is 2.71. The molecule has 0 spiro atoms. The maximum Gasteiger partial charge on any atom is 0.261 e. The van der Waals surface area contributed by atoms with Crippen molar-refractivity contribution in [1.29, 1.82) is 0 Å². The van der Waals surface area contributed by atoms with Crippen LogP contribution in [0.4, 0.5) is 0 Å². The van der Waals surface area contributed by atoms with Gasteiger partial charge in [-0.3, -0.25) is 9.59 Å². The third kappa shape index (κ3) is 7.16. The molecule has 2 rings (SSSR count). The maximum atomic E-state index is 13.0. The Kier molecular flexibility index (Phi) is 9.17. The Labute approximate surface area is 189 Å². The molecule has 29 heavy (non-hydrogen) atoms. The van der Waals surface area contributed by atoms with Gasteiger partial charge in [-0.05, 0) is 61.7 Å². The molecular formula is C22H26Br2N2O3. The van der Waals surface area contributed by atoms with Crippen molar-refractivity contribution >= 4 is 43.7 Å². The summed E-state index contributed by atoms with van der Waals surface area (Å²) in [6.45, 7) is 6.46. The second kappa shape index (κ2) is 11.4. The third-order valence-electron chi connectivity index (χ3n) is 4.47. The van der Waals surface area contributed by atoms with Crippen molar-refractivity contribution in [2.75, 3.05) is 13.2 Å². The van der Waals surface area contributed by atoms with Gasteiger partial charge in [-0.2, -0.15) is 0 Å². The van der Waals surface area contributed by atoms with Gasteiger partial charge < -0.3 is 15.0 Å². The molecule has 0 saturated carbocycles. The molecule has 156 valence electrons. The molecule has 0 bridgehead atoms. The Morgan fingerprint density at radius 1 is 1.14 bits per heavy atom. The van der Waals surface area contributed by atoms with Crippen LogP contribution in [0, 0.1) is 6.92 Å². The van der Waals surface area contributed by atoms with E-state index in [0.29, 0.717) is 18.8 Å². The number of carbonyl (C=O) groups is 2. The smallest absolute Gasteiger partial charge is 0.261 e. The summed E-state index contributed by atoms with van der Waals surface area (Å²) < 4.78 is 7.64. The van der Waals surface area contributed by atoms with Crippen LogP contribution in [0.5, 0.6) is 5.75 Å².